The Kier molecular flexibility index (Phi) is 5.25. The van der Waals surface area contributed by atoms with Gasteiger partial charge in [0.15, 0.2) is 5.54 Å². The van der Waals surface area contributed by atoms with E-state index >= 15 is 0 Å². The van der Waals surface area contributed by atoms with E-state index in [9.17, 15) is 24.4 Å². The molecule has 5 rings (SSSR count). The first kappa shape index (κ1) is 22.5. The molecule has 0 aromatic heterocycles. The monoisotopic (exact) mass is 454 g/mol. The molecule has 10 nitrogen and oxygen atoms in total. The molecule has 0 fully saturated rings. The van der Waals surface area contributed by atoms with E-state index in [1.807, 2.05) is 6.08 Å². The number of carbonyl (C=O) groups excluding carboxylic acids is 4. The summed E-state index contributed by atoms with van der Waals surface area (Å²) in [6.07, 6.45) is 5.06. The van der Waals surface area contributed by atoms with Crippen molar-refractivity contribution in [1.29, 1.82) is 5.26 Å². The normalized spacial score (nSPS) is 31.5. The van der Waals surface area contributed by atoms with Crippen molar-refractivity contribution < 1.29 is 38.1 Å². The van der Waals surface area contributed by atoms with Gasteiger partial charge in [0, 0.05) is 17.9 Å². The second-order valence-corrected chi connectivity index (χ2v) is 8.08. The van der Waals surface area contributed by atoms with Gasteiger partial charge in [-0.25, -0.2) is 19.2 Å². The highest BCUT2D eigenvalue weighted by Crippen LogP contribution is 2.57. The molecule has 0 radical (unpaired) electrons. The molecule has 10 heteroatoms. The highest BCUT2D eigenvalue weighted by atomic mass is 16.5. The van der Waals surface area contributed by atoms with Gasteiger partial charge in [-0.2, -0.15) is 5.26 Å². The number of carbonyl (C=O) groups is 4. The molecule has 1 unspecified atom stereocenters. The molecule has 1 aliphatic carbocycles. The van der Waals surface area contributed by atoms with Crippen LogP contribution in [-0.2, 0) is 38.1 Å². The van der Waals surface area contributed by atoms with Crippen molar-refractivity contribution in [2.75, 3.05) is 28.4 Å². The fraction of sp³-hybridized carbons (Fsp3) is 0.435. The average Bonchev–Trinajstić information content (AvgIpc) is 3.26. The van der Waals surface area contributed by atoms with Crippen LogP contribution >= 0.6 is 0 Å². The standard InChI is InChI=1S/C23H22N2O8/c1-10-8-11-12-6-7-23(9-24)17(22(29)33-5)16(21(28)32-4)18(25(12)23)13(10)15(20(27)31-3)14(11)19(26)30-2/h6-8,11-13,18H,1-5H3/t11-,12?,13-,18+,23+/m1/s1. The van der Waals surface area contributed by atoms with Gasteiger partial charge in [0.05, 0.1) is 62.8 Å². The first-order valence-corrected chi connectivity index (χ1v) is 10.1. The minimum atomic E-state index is -1.65. The molecule has 0 spiro atoms. The Bertz CT molecular complexity index is 1150. The zero-order valence-corrected chi connectivity index (χ0v) is 18.7. The number of rotatable bonds is 4. The van der Waals surface area contributed by atoms with Crippen molar-refractivity contribution >= 4 is 23.9 Å². The van der Waals surface area contributed by atoms with Crippen LogP contribution in [0.4, 0.5) is 0 Å². The smallest absolute Gasteiger partial charge is 0.337 e. The van der Waals surface area contributed by atoms with E-state index in [4.69, 9.17) is 18.9 Å². The molecule has 172 valence electrons. The van der Waals surface area contributed by atoms with Crippen LogP contribution in [0.3, 0.4) is 0 Å². The Hall–Kier alpha value is -3.71. The van der Waals surface area contributed by atoms with Crippen molar-refractivity contribution in [2.45, 2.75) is 24.5 Å². The summed E-state index contributed by atoms with van der Waals surface area (Å²) in [7, 11) is 4.71. The first-order valence-electron chi connectivity index (χ1n) is 10.1. The van der Waals surface area contributed by atoms with Gasteiger partial charge in [0.1, 0.15) is 0 Å². The van der Waals surface area contributed by atoms with Crippen LogP contribution in [0.5, 0.6) is 0 Å². The number of ether oxygens (including phenoxy) is 4. The average molecular weight is 454 g/mol. The van der Waals surface area contributed by atoms with E-state index in [1.54, 1.807) is 17.9 Å². The second kappa shape index (κ2) is 7.71. The molecule has 33 heavy (non-hydrogen) atoms. The third kappa shape index (κ3) is 2.69. The van der Waals surface area contributed by atoms with E-state index in [0.717, 1.165) is 14.2 Å². The maximum Gasteiger partial charge on any atom is 0.337 e. The number of nitriles is 1. The minimum Gasteiger partial charge on any atom is -0.466 e. The maximum absolute atomic E-state index is 13.1. The zero-order chi connectivity index (χ0) is 24.2. The molecule has 4 heterocycles. The Morgan fingerprint density at radius 2 is 1.45 bits per heavy atom. The Labute approximate surface area is 189 Å². The highest BCUT2D eigenvalue weighted by molar-refractivity contribution is 6.08. The molecule has 5 atom stereocenters. The molecule has 5 aliphatic rings. The first-order chi connectivity index (χ1) is 15.7. The summed E-state index contributed by atoms with van der Waals surface area (Å²) in [4.78, 5) is 53.5. The van der Waals surface area contributed by atoms with Gasteiger partial charge in [0.2, 0.25) is 0 Å². The topological polar surface area (TPSA) is 132 Å². The van der Waals surface area contributed by atoms with Gasteiger partial charge in [-0.1, -0.05) is 17.7 Å². The van der Waals surface area contributed by atoms with Crippen LogP contribution in [0.2, 0.25) is 0 Å². The van der Waals surface area contributed by atoms with E-state index in [2.05, 4.69) is 6.07 Å². The van der Waals surface area contributed by atoms with Crippen LogP contribution < -0.4 is 0 Å². The van der Waals surface area contributed by atoms with Gasteiger partial charge < -0.3 is 18.9 Å². The van der Waals surface area contributed by atoms with Crippen molar-refractivity contribution in [3.63, 3.8) is 0 Å². The summed E-state index contributed by atoms with van der Waals surface area (Å²) in [5.74, 6) is -4.73. The van der Waals surface area contributed by atoms with E-state index in [0.29, 0.717) is 5.57 Å². The third-order valence-corrected chi connectivity index (χ3v) is 6.84. The van der Waals surface area contributed by atoms with Gasteiger partial charge >= 0.3 is 23.9 Å². The minimum absolute atomic E-state index is 0.0292. The fourth-order valence-electron chi connectivity index (χ4n) is 5.66. The van der Waals surface area contributed by atoms with E-state index in [-0.39, 0.29) is 22.3 Å². The van der Waals surface area contributed by atoms with Gasteiger partial charge in [-0.15, -0.1) is 0 Å². The highest BCUT2D eigenvalue weighted by Gasteiger charge is 2.66. The Morgan fingerprint density at radius 1 is 0.909 bits per heavy atom. The lowest BCUT2D eigenvalue weighted by molar-refractivity contribution is -0.140. The number of methoxy groups -OCH3 is 4. The number of nitrogens with zero attached hydrogens (tertiary/aromatic N) is 2. The molecule has 0 aromatic rings. The summed E-state index contributed by atoms with van der Waals surface area (Å²) in [6.45, 7) is 1.76. The quantitative estimate of drug-likeness (QED) is 0.333. The Balaban J connectivity index is 2.12. The number of hydrogen-bond acceptors (Lipinski definition) is 10. The third-order valence-electron chi connectivity index (χ3n) is 6.84. The molecule has 0 saturated heterocycles. The Morgan fingerprint density at radius 3 is 2.00 bits per heavy atom. The van der Waals surface area contributed by atoms with Crippen molar-refractivity contribution in [1.82, 2.24) is 4.90 Å². The van der Waals surface area contributed by atoms with Crippen LogP contribution in [0.25, 0.3) is 0 Å². The summed E-state index contributed by atoms with van der Waals surface area (Å²) in [5.41, 5.74) is -1.09. The lowest BCUT2D eigenvalue weighted by Gasteiger charge is -2.37. The van der Waals surface area contributed by atoms with Crippen LogP contribution in [0, 0.1) is 23.2 Å². The predicted octanol–water partition coefficient (Wildman–Crippen LogP) is 0.362. The van der Waals surface area contributed by atoms with Crippen LogP contribution in [0.1, 0.15) is 6.92 Å². The molecular weight excluding hydrogens is 432 g/mol. The SMILES string of the molecule is COC(=O)C1=C(C(=O)OC)[C@@H]2C=C(C)[C@H]1[C@H]1C(C(=O)OC)=C(C(=O)OC)[C@@]3(C#N)C=CC2N13. The van der Waals surface area contributed by atoms with Crippen molar-refractivity contribution in [2.24, 2.45) is 11.8 Å². The molecular formula is C23H22N2O8. The van der Waals surface area contributed by atoms with Gasteiger partial charge in [-0.05, 0) is 13.0 Å². The predicted molar refractivity (Wildman–Crippen MR) is 110 cm³/mol. The molecule has 0 aromatic carbocycles. The summed E-state index contributed by atoms with van der Waals surface area (Å²) in [6, 6.07) is 0.568. The zero-order valence-electron chi connectivity index (χ0n) is 18.7. The van der Waals surface area contributed by atoms with Gasteiger partial charge in [0.25, 0.3) is 0 Å². The lowest BCUT2D eigenvalue weighted by atomic mass is 9.73. The van der Waals surface area contributed by atoms with Crippen LogP contribution in [0.15, 0.2) is 46.1 Å². The van der Waals surface area contributed by atoms with Crippen LogP contribution in [-0.4, -0.2) is 74.8 Å². The molecule has 0 N–H and O–H groups in total. The number of hydrogen-bond donors (Lipinski definition) is 0. The van der Waals surface area contributed by atoms with Crippen molar-refractivity contribution in [3.8, 4) is 6.07 Å². The molecule has 2 bridgehead atoms. The molecule has 0 amide bonds. The maximum atomic E-state index is 13.1. The van der Waals surface area contributed by atoms with Gasteiger partial charge in [-0.3, -0.25) is 4.90 Å². The molecule has 4 aliphatic heterocycles. The van der Waals surface area contributed by atoms with E-state index in [1.165, 1.54) is 20.3 Å². The van der Waals surface area contributed by atoms with E-state index < -0.39 is 53.3 Å². The summed E-state index contributed by atoms with van der Waals surface area (Å²) < 4.78 is 19.9. The van der Waals surface area contributed by atoms with Crippen molar-refractivity contribution in [3.05, 3.63) is 46.1 Å². The summed E-state index contributed by atoms with van der Waals surface area (Å²) in [5, 5.41) is 10.3. The summed E-state index contributed by atoms with van der Waals surface area (Å²) >= 11 is 0. The molecule has 0 saturated carbocycles. The largest absolute Gasteiger partial charge is 0.466 e. The second-order valence-electron chi connectivity index (χ2n) is 8.08. The fourth-order valence-corrected chi connectivity index (χ4v) is 5.66. The number of esters is 4. The lowest BCUT2D eigenvalue weighted by Crippen LogP contribution is -2.52.